The predicted molar refractivity (Wildman–Crippen MR) is 92.7 cm³/mol. The molecule has 2 aromatic rings. The van der Waals surface area contributed by atoms with Crippen molar-refractivity contribution in [3.05, 3.63) is 45.7 Å². The number of carbonyl (C=O) groups is 1. The number of hydrogen-bond donors (Lipinski definition) is 1. The van der Waals surface area contributed by atoms with Crippen LogP contribution in [0.1, 0.15) is 23.9 Å². The van der Waals surface area contributed by atoms with Crippen molar-refractivity contribution in [2.24, 2.45) is 5.10 Å². The first-order valence-electron chi connectivity index (χ1n) is 7.25. The van der Waals surface area contributed by atoms with E-state index in [4.69, 9.17) is 4.74 Å². The molecule has 0 aliphatic heterocycles. The van der Waals surface area contributed by atoms with Gasteiger partial charge in [0.15, 0.2) is 0 Å². The van der Waals surface area contributed by atoms with Gasteiger partial charge in [-0.3, -0.25) is 9.48 Å². The Kier molecular flexibility index (Phi) is 5.92. The zero-order valence-electron chi connectivity index (χ0n) is 13.3. The Bertz CT molecular complexity index is 708. The molecule has 0 saturated carbocycles. The summed E-state index contributed by atoms with van der Waals surface area (Å²) in [6, 6.07) is 7.47. The van der Waals surface area contributed by atoms with Crippen molar-refractivity contribution < 1.29 is 9.53 Å². The monoisotopic (exact) mass is 378 g/mol. The largest absolute Gasteiger partial charge is 0.494 e. The number of benzene rings is 1. The van der Waals surface area contributed by atoms with E-state index in [1.54, 1.807) is 10.9 Å². The molecule has 7 heteroatoms. The van der Waals surface area contributed by atoms with Crippen molar-refractivity contribution in [3.63, 3.8) is 0 Å². The molecule has 2 rings (SSSR count). The molecule has 0 fully saturated rings. The molecular weight excluding hydrogens is 360 g/mol. The van der Waals surface area contributed by atoms with E-state index in [0.29, 0.717) is 6.61 Å². The average Bonchev–Trinajstić information content (AvgIpc) is 2.76. The molecule has 1 N–H and O–H groups in total. The number of carbonyl (C=O) groups excluding carboxylic acids is 1. The summed E-state index contributed by atoms with van der Waals surface area (Å²) in [6.45, 7) is 6.48. The second kappa shape index (κ2) is 7.92. The molecule has 0 unspecified atom stereocenters. The minimum Gasteiger partial charge on any atom is -0.494 e. The Morgan fingerprint density at radius 2 is 2.09 bits per heavy atom. The fraction of sp³-hybridized carbons (Fsp3) is 0.312. The van der Waals surface area contributed by atoms with Crippen molar-refractivity contribution in [1.82, 2.24) is 15.2 Å². The van der Waals surface area contributed by atoms with Crippen LogP contribution in [-0.4, -0.2) is 28.5 Å². The molecule has 0 bridgehead atoms. The fourth-order valence-electron chi connectivity index (χ4n) is 2.00. The minimum atomic E-state index is -0.231. The summed E-state index contributed by atoms with van der Waals surface area (Å²) in [5.74, 6) is 0.578. The molecule has 1 amide bonds. The highest BCUT2D eigenvalue weighted by Gasteiger charge is 2.11. The Labute approximate surface area is 143 Å². The number of nitrogens with one attached hydrogen (secondary N) is 1. The highest BCUT2D eigenvalue weighted by Crippen LogP contribution is 2.19. The molecule has 0 aliphatic rings. The first-order valence-corrected chi connectivity index (χ1v) is 8.04. The summed E-state index contributed by atoms with van der Waals surface area (Å²) in [6.07, 6.45) is 1.59. The lowest BCUT2D eigenvalue weighted by molar-refractivity contribution is -0.121. The van der Waals surface area contributed by atoms with Crippen LogP contribution < -0.4 is 10.2 Å². The molecular formula is C16H19BrN4O2. The SMILES string of the molecule is CCOc1ccc(/C=N/NC(=O)Cn2nc(C)c(Br)c2C)cc1. The van der Waals surface area contributed by atoms with Gasteiger partial charge in [0.05, 0.1) is 28.7 Å². The lowest BCUT2D eigenvalue weighted by Gasteiger charge is -2.03. The Hall–Kier alpha value is -2.15. The van der Waals surface area contributed by atoms with Gasteiger partial charge in [0.2, 0.25) is 0 Å². The maximum Gasteiger partial charge on any atom is 0.261 e. The van der Waals surface area contributed by atoms with E-state index in [-0.39, 0.29) is 12.5 Å². The van der Waals surface area contributed by atoms with Crippen LogP contribution in [0.25, 0.3) is 0 Å². The lowest BCUT2D eigenvalue weighted by atomic mass is 10.2. The van der Waals surface area contributed by atoms with Gasteiger partial charge < -0.3 is 4.74 Å². The van der Waals surface area contributed by atoms with Crippen LogP contribution in [0.3, 0.4) is 0 Å². The van der Waals surface area contributed by atoms with Crippen molar-refractivity contribution >= 4 is 28.1 Å². The van der Waals surface area contributed by atoms with Crippen molar-refractivity contribution in [2.45, 2.75) is 27.3 Å². The van der Waals surface area contributed by atoms with E-state index in [2.05, 4.69) is 31.6 Å². The molecule has 0 atom stereocenters. The normalized spacial score (nSPS) is 11.0. The molecule has 1 aromatic carbocycles. The molecule has 1 heterocycles. The third-order valence-electron chi connectivity index (χ3n) is 3.18. The van der Waals surface area contributed by atoms with Crippen LogP contribution in [0.5, 0.6) is 5.75 Å². The number of hydrazone groups is 1. The summed E-state index contributed by atoms with van der Waals surface area (Å²) in [7, 11) is 0. The number of nitrogens with zero attached hydrogens (tertiary/aromatic N) is 3. The summed E-state index contributed by atoms with van der Waals surface area (Å²) in [5.41, 5.74) is 5.14. The van der Waals surface area contributed by atoms with Crippen LogP contribution in [0.15, 0.2) is 33.8 Å². The summed E-state index contributed by atoms with van der Waals surface area (Å²) in [5, 5.41) is 8.24. The number of rotatable bonds is 6. The number of aryl methyl sites for hydroxylation is 1. The molecule has 6 nitrogen and oxygen atoms in total. The zero-order valence-corrected chi connectivity index (χ0v) is 14.9. The number of halogens is 1. The Morgan fingerprint density at radius 1 is 1.39 bits per heavy atom. The number of aromatic nitrogens is 2. The third-order valence-corrected chi connectivity index (χ3v) is 4.33. The highest BCUT2D eigenvalue weighted by molar-refractivity contribution is 9.10. The van der Waals surface area contributed by atoms with E-state index >= 15 is 0 Å². The van der Waals surface area contributed by atoms with Crippen molar-refractivity contribution in [1.29, 1.82) is 0 Å². The molecule has 0 spiro atoms. The van der Waals surface area contributed by atoms with Crippen LogP contribution in [-0.2, 0) is 11.3 Å². The van der Waals surface area contributed by atoms with Crippen LogP contribution in [0, 0.1) is 13.8 Å². The van der Waals surface area contributed by atoms with E-state index in [0.717, 1.165) is 27.2 Å². The van der Waals surface area contributed by atoms with Crippen LogP contribution in [0.4, 0.5) is 0 Å². The molecule has 23 heavy (non-hydrogen) atoms. The molecule has 1 aromatic heterocycles. The Balaban J connectivity index is 1.89. The molecule has 0 radical (unpaired) electrons. The van der Waals surface area contributed by atoms with Crippen LogP contribution >= 0.6 is 15.9 Å². The van der Waals surface area contributed by atoms with Gasteiger partial charge in [-0.2, -0.15) is 10.2 Å². The van der Waals surface area contributed by atoms with Gasteiger partial charge in [0.25, 0.3) is 5.91 Å². The first-order chi connectivity index (χ1) is 11.0. The van der Waals surface area contributed by atoms with E-state index in [1.807, 2.05) is 45.0 Å². The first kappa shape index (κ1) is 17.2. The maximum absolute atomic E-state index is 11.9. The maximum atomic E-state index is 11.9. The fourth-order valence-corrected chi connectivity index (χ4v) is 2.28. The Morgan fingerprint density at radius 3 is 2.65 bits per heavy atom. The minimum absolute atomic E-state index is 0.124. The van der Waals surface area contributed by atoms with Gasteiger partial charge >= 0.3 is 0 Å². The summed E-state index contributed by atoms with van der Waals surface area (Å²) < 4.78 is 7.92. The van der Waals surface area contributed by atoms with Crippen LogP contribution in [0.2, 0.25) is 0 Å². The predicted octanol–water partition coefficient (Wildman–Crippen LogP) is 2.81. The molecule has 0 saturated heterocycles. The number of amides is 1. The number of hydrogen-bond acceptors (Lipinski definition) is 4. The standard InChI is InChI=1S/C16H19BrN4O2/c1-4-23-14-7-5-13(6-8-14)9-18-19-15(22)10-21-12(3)16(17)11(2)20-21/h5-9H,4,10H2,1-3H3,(H,19,22)/b18-9+. The van der Waals surface area contributed by atoms with E-state index in [9.17, 15) is 4.79 Å². The van der Waals surface area contributed by atoms with Gasteiger partial charge in [0, 0.05) is 0 Å². The quantitative estimate of drug-likeness (QED) is 0.620. The van der Waals surface area contributed by atoms with Crippen molar-refractivity contribution in [2.75, 3.05) is 6.61 Å². The zero-order chi connectivity index (χ0) is 16.8. The van der Waals surface area contributed by atoms with Gasteiger partial charge in [-0.1, -0.05) is 0 Å². The van der Waals surface area contributed by atoms with E-state index in [1.165, 1.54) is 0 Å². The topological polar surface area (TPSA) is 68.5 Å². The molecule has 122 valence electrons. The second-order valence-corrected chi connectivity index (χ2v) is 5.73. The van der Waals surface area contributed by atoms with E-state index < -0.39 is 0 Å². The van der Waals surface area contributed by atoms with Gasteiger partial charge in [-0.05, 0) is 66.5 Å². The average molecular weight is 379 g/mol. The molecule has 0 aliphatic carbocycles. The highest BCUT2D eigenvalue weighted by atomic mass is 79.9. The lowest BCUT2D eigenvalue weighted by Crippen LogP contribution is -2.24. The van der Waals surface area contributed by atoms with Gasteiger partial charge in [-0.15, -0.1) is 0 Å². The summed E-state index contributed by atoms with van der Waals surface area (Å²) >= 11 is 3.44. The third kappa shape index (κ3) is 4.66. The second-order valence-electron chi connectivity index (χ2n) is 4.94. The number of ether oxygens (including phenoxy) is 1. The van der Waals surface area contributed by atoms with Gasteiger partial charge in [-0.25, -0.2) is 5.43 Å². The van der Waals surface area contributed by atoms with Gasteiger partial charge in [0.1, 0.15) is 12.3 Å². The summed E-state index contributed by atoms with van der Waals surface area (Å²) in [4.78, 5) is 11.9. The van der Waals surface area contributed by atoms with Crippen molar-refractivity contribution in [3.8, 4) is 5.75 Å². The smallest absolute Gasteiger partial charge is 0.261 e.